The molecule has 36 heavy (non-hydrogen) atoms. The molecule has 1 aliphatic heterocycles. The zero-order chi connectivity index (χ0) is 25.1. The third-order valence-corrected chi connectivity index (χ3v) is 6.47. The van der Waals surface area contributed by atoms with E-state index in [0.717, 1.165) is 16.8 Å². The second-order valence-electron chi connectivity index (χ2n) is 9.02. The van der Waals surface area contributed by atoms with E-state index in [-0.39, 0.29) is 17.8 Å². The van der Waals surface area contributed by atoms with E-state index in [0.29, 0.717) is 44.3 Å². The van der Waals surface area contributed by atoms with E-state index in [9.17, 15) is 9.18 Å². The molecule has 0 bridgehead atoms. The van der Waals surface area contributed by atoms with Crippen molar-refractivity contribution in [3.05, 3.63) is 95.5 Å². The lowest BCUT2D eigenvalue weighted by molar-refractivity contribution is 0.0559. The van der Waals surface area contributed by atoms with Gasteiger partial charge in [0, 0.05) is 46.0 Å². The molecule has 4 aromatic rings. The van der Waals surface area contributed by atoms with Gasteiger partial charge in [-0.15, -0.1) is 5.10 Å². The topological polar surface area (TPSA) is 83.5 Å². The molecule has 2 aromatic carbocycles. The third kappa shape index (κ3) is 4.99. The second-order valence-corrected chi connectivity index (χ2v) is 9.02. The van der Waals surface area contributed by atoms with Gasteiger partial charge in [-0.2, -0.15) is 0 Å². The summed E-state index contributed by atoms with van der Waals surface area (Å²) in [4.78, 5) is 18.9. The highest BCUT2D eigenvalue weighted by atomic mass is 19.1. The summed E-state index contributed by atoms with van der Waals surface area (Å²) >= 11 is 0. The number of nitrogens with zero attached hydrogens (tertiary/aromatic N) is 7. The number of carbonyl (C=O) groups is 1. The molecular weight excluding hydrogens is 461 g/mol. The quantitative estimate of drug-likeness (QED) is 0.395. The SMILES string of the molecule is CN(C)c1ccc([C@@H](c2nnnn2Cc2ccc(F)cc2)N2CCN(C(=O)c3ccco3)CC2)cc1. The van der Waals surface area contributed by atoms with Gasteiger partial charge < -0.3 is 14.2 Å². The zero-order valence-electron chi connectivity index (χ0n) is 20.3. The van der Waals surface area contributed by atoms with E-state index in [4.69, 9.17) is 4.42 Å². The van der Waals surface area contributed by atoms with Gasteiger partial charge in [-0.1, -0.05) is 24.3 Å². The number of aromatic nitrogens is 4. The van der Waals surface area contributed by atoms with Crippen molar-refractivity contribution < 1.29 is 13.6 Å². The van der Waals surface area contributed by atoms with E-state index in [1.165, 1.54) is 18.4 Å². The average molecular weight is 490 g/mol. The fourth-order valence-corrected chi connectivity index (χ4v) is 4.50. The minimum atomic E-state index is -0.281. The van der Waals surface area contributed by atoms with Crippen molar-refractivity contribution in [3.63, 3.8) is 0 Å². The Labute approximate surface area is 208 Å². The summed E-state index contributed by atoms with van der Waals surface area (Å²) in [7, 11) is 4.01. The lowest BCUT2D eigenvalue weighted by Crippen LogP contribution is -2.50. The van der Waals surface area contributed by atoms with E-state index in [1.54, 1.807) is 28.9 Å². The van der Waals surface area contributed by atoms with Gasteiger partial charge in [0.25, 0.3) is 5.91 Å². The first-order chi connectivity index (χ1) is 17.5. The third-order valence-electron chi connectivity index (χ3n) is 6.47. The van der Waals surface area contributed by atoms with Crippen molar-refractivity contribution in [1.29, 1.82) is 0 Å². The summed E-state index contributed by atoms with van der Waals surface area (Å²) in [5, 5.41) is 12.6. The molecule has 0 unspecified atom stereocenters. The fourth-order valence-electron chi connectivity index (χ4n) is 4.50. The van der Waals surface area contributed by atoms with Crippen LogP contribution in [0.1, 0.15) is 33.5 Å². The first kappa shape index (κ1) is 23.7. The standard InChI is InChI=1S/C26H28FN7O2/c1-31(2)22-11-7-20(8-12-22)24(25-28-29-30-34(25)18-19-5-9-21(27)10-6-19)32-13-15-33(16-14-32)26(35)23-4-3-17-36-23/h3-12,17,24H,13-16,18H2,1-2H3/t24-/m0/s1. The molecule has 1 amide bonds. The molecule has 186 valence electrons. The highest BCUT2D eigenvalue weighted by Crippen LogP contribution is 2.30. The van der Waals surface area contributed by atoms with Gasteiger partial charge in [0.2, 0.25) is 0 Å². The Morgan fingerprint density at radius 3 is 2.39 bits per heavy atom. The maximum atomic E-state index is 13.4. The number of halogens is 1. The lowest BCUT2D eigenvalue weighted by atomic mass is 10.0. The Morgan fingerprint density at radius 1 is 1.03 bits per heavy atom. The molecule has 0 saturated carbocycles. The molecule has 2 aromatic heterocycles. The molecule has 0 aliphatic carbocycles. The van der Waals surface area contributed by atoms with Crippen LogP contribution in [0, 0.1) is 5.82 Å². The van der Waals surface area contributed by atoms with Crippen LogP contribution in [0.25, 0.3) is 0 Å². The maximum absolute atomic E-state index is 13.4. The molecule has 3 heterocycles. The van der Waals surface area contributed by atoms with Gasteiger partial charge in [-0.25, -0.2) is 9.07 Å². The zero-order valence-corrected chi connectivity index (χ0v) is 20.3. The molecule has 1 fully saturated rings. The Kier molecular flexibility index (Phi) is 6.77. The van der Waals surface area contributed by atoms with Crippen LogP contribution in [0.3, 0.4) is 0 Å². The van der Waals surface area contributed by atoms with E-state index < -0.39 is 0 Å². The van der Waals surface area contributed by atoms with Crippen molar-refractivity contribution in [2.45, 2.75) is 12.6 Å². The van der Waals surface area contributed by atoms with Crippen molar-refractivity contribution in [1.82, 2.24) is 30.0 Å². The molecule has 1 saturated heterocycles. The first-order valence-electron chi connectivity index (χ1n) is 11.8. The molecular formula is C26H28FN7O2. The van der Waals surface area contributed by atoms with Gasteiger partial charge in [0.05, 0.1) is 18.8 Å². The summed E-state index contributed by atoms with van der Waals surface area (Å²) in [6.45, 7) is 2.84. The van der Waals surface area contributed by atoms with Crippen LogP contribution in [-0.2, 0) is 6.54 Å². The molecule has 5 rings (SSSR count). The summed E-state index contributed by atoms with van der Waals surface area (Å²) in [6.07, 6.45) is 1.51. The van der Waals surface area contributed by atoms with Crippen molar-refractivity contribution in [3.8, 4) is 0 Å². The maximum Gasteiger partial charge on any atom is 0.289 e. The number of anilines is 1. The van der Waals surface area contributed by atoms with Crippen molar-refractivity contribution in [2.24, 2.45) is 0 Å². The van der Waals surface area contributed by atoms with Crippen LogP contribution in [0.4, 0.5) is 10.1 Å². The molecule has 1 atom stereocenters. The number of piperazine rings is 1. The van der Waals surface area contributed by atoms with Gasteiger partial charge in [-0.05, 0) is 58.0 Å². The number of tetrazole rings is 1. The predicted molar refractivity (Wildman–Crippen MR) is 132 cm³/mol. The Bertz CT molecular complexity index is 1280. The van der Waals surface area contributed by atoms with Crippen molar-refractivity contribution >= 4 is 11.6 Å². The van der Waals surface area contributed by atoms with Crippen LogP contribution in [0.15, 0.2) is 71.3 Å². The normalized spacial score (nSPS) is 15.1. The number of rotatable bonds is 7. The molecule has 1 aliphatic rings. The van der Waals surface area contributed by atoms with E-state index in [2.05, 4.69) is 49.6 Å². The Balaban J connectivity index is 1.42. The summed E-state index contributed by atoms with van der Waals surface area (Å²) in [6, 6.07) is 17.9. The number of amides is 1. The van der Waals surface area contributed by atoms with Gasteiger partial charge in [-0.3, -0.25) is 9.69 Å². The van der Waals surface area contributed by atoms with Gasteiger partial charge in [0.1, 0.15) is 5.82 Å². The molecule has 0 N–H and O–H groups in total. The summed E-state index contributed by atoms with van der Waals surface area (Å²) in [5.41, 5.74) is 3.05. The van der Waals surface area contributed by atoms with Crippen molar-refractivity contribution in [2.75, 3.05) is 45.2 Å². The minimum absolute atomic E-state index is 0.104. The van der Waals surface area contributed by atoms with Crippen LogP contribution in [-0.4, -0.2) is 76.2 Å². The highest BCUT2D eigenvalue weighted by molar-refractivity contribution is 5.91. The number of furan rings is 1. The highest BCUT2D eigenvalue weighted by Gasteiger charge is 2.32. The van der Waals surface area contributed by atoms with E-state index >= 15 is 0 Å². The average Bonchev–Trinajstić information content (AvgIpc) is 3.59. The van der Waals surface area contributed by atoms with E-state index in [1.807, 2.05) is 19.0 Å². The molecule has 0 spiro atoms. The molecule has 9 nitrogen and oxygen atoms in total. The smallest absolute Gasteiger partial charge is 0.289 e. The number of benzene rings is 2. The Hall–Kier alpha value is -4.05. The fraction of sp³-hybridized carbons (Fsp3) is 0.308. The lowest BCUT2D eigenvalue weighted by Gasteiger charge is -2.38. The predicted octanol–water partition coefficient (Wildman–Crippen LogP) is 3.07. The van der Waals surface area contributed by atoms with Crippen LogP contribution >= 0.6 is 0 Å². The first-order valence-corrected chi connectivity index (χ1v) is 11.8. The molecule has 10 heteroatoms. The number of hydrogen-bond acceptors (Lipinski definition) is 7. The van der Waals surface area contributed by atoms with Gasteiger partial charge in [0.15, 0.2) is 11.6 Å². The number of carbonyl (C=O) groups excluding carboxylic acids is 1. The minimum Gasteiger partial charge on any atom is -0.459 e. The monoisotopic (exact) mass is 489 g/mol. The largest absolute Gasteiger partial charge is 0.459 e. The number of hydrogen-bond donors (Lipinski definition) is 0. The Morgan fingerprint density at radius 2 is 1.75 bits per heavy atom. The summed E-state index contributed by atoms with van der Waals surface area (Å²) in [5.74, 6) is 0.662. The summed E-state index contributed by atoms with van der Waals surface area (Å²) < 4.78 is 20.5. The van der Waals surface area contributed by atoms with Crippen LogP contribution < -0.4 is 4.90 Å². The molecule has 0 radical (unpaired) electrons. The second kappa shape index (κ2) is 10.3. The van der Waals surface area contributed by atoms with Crippen LogP contribution in [0.5, 0.6) is 0 Å². The van der Waals surface area contributed by atoms with Crippen LogP contribution in [0.2, 0.25) is 0 Å². The van der Waals surface area contributed by atoms with Gasteiger partial charge >= 0.3 is 0 Å².